The summed E-state index contributed by atoms with van der Waals surface area (Å²) in [7, 11) is 0. The predicted octanol–water partition coefficient (Wildman–Crippen LogP) is 2.10. The lowest BCUT2D eigenvalue weighted by molar-refractivity contribution is -0.123. The van der Waals surface area contributed by atoms with Crippen molar-refractivity contribution in [3.05, 3.63) is 59.7 Å². The van der Waals surface area contributed by atoms with E-state index in [1.807, 2.05) is 19.1 Å². The number of hydrogen-bond donors (Lipinski definition) is 1. The second-order valence-corrected chi connectivity index (χ2v) is 7.34. The van der Waals surface area contributed by atoms with Gasteiger partial charge in [0, 0.05) is 5.69 Å². The van der Waals surface area contributed by atoms with E-state index in [0.29, 0.717) is 16.9 Å². The highest BCUT2D eigenvalue weighted by Gasteiger charge is 2.55. The van der Waals surface area contributed by atoms with Gasteiger partial charge >= 0.3 is 5.97 Å². The third-order valence-electron chi connectivity index (χ3n) is 5.20. The molecule has 0 aromatic heterocycles. The number of nitrogens with zero attached hydrogens (tertiary/aromatic N) is 4. The van der Waals surface area contributed by atoms with Crippen molar-refractivity contribution in [2.75, 3.05) is 23.4 Å². The van der Waals surface area contributed by atoms with Gasteiger partial charge in [0.1, 0.15) is 6.54 Å². The third kappa shape index (κ3) is 3.82. The number of carbonyl (C=O) groups excluding carboxylic acids is 4. The number of carbonyl (C=O) groups is 4. The predicted molar refractivity (Wildman–Crippen MR) is 114 cm³/mol. The molecule has 10 nitrogen and oxygen atoms in total. The molecular formula is C22H21N5O5. The fourth-order valence-corrected chi connectivity index (χ4v) is 3.66. The highest BCUT2D eigenvalue weighted by atomic mass is 16.5. The number of amides is 3. The number of aryl methyl sites for hydroxylation is 1. The summed E-state index contributed by atoms with van der Waals surface area (Å²) in [4.78, 5) is 51.2. The van der Waals surface area contributed by atoms with Gasteiger partial charge in [0.2, 0.25) is 5.91 Å². The fraction of sp³-hybridized carbons (Fsp3) is 0.273. The van der Waals surface area contributed by atoms with Crippen LogP contribution in [0, 0.1) is 6.92 Å². The van der Waals surface area contributed by atoms with Gasteiger partial charge in [-0.25, -0.2) is 9.69 Å². The van der Waals surface area contributed by atoms with Crippen LogP contribution in [-0.4, -0.2) is 53.9 Å². The van der Waals surface area contributed by atoms with Crippen LogP contribution >= 0.6 is 0 Å². The zero-order valence-corrected chi connectivity index (χ0v) is 17.5. The van der Waals surface area contributed by atoms with E-state index in [1.54, 1.807) is 43.3 Å². The first kappa shape index (κ1) is 21.2. The number of anilines is 2. The van der Waals surface area contributed by atoms with E-state index in [9.17, 15) is 19.2 Å². The number of imide groups is 1. The molecule has 1 saturated heterocycles. The molecule has 2 atom stereocenters. The molecule has 164 valence electrons. The summed E-state index contributed by atoms with van der Waals surface area (Å²) in [6.07, 6.45) is 0. The van der Waals surface area contributed by atoms with Crippen molar-refractivity contribution in [1.82, 2.24) is 5.01 Å². The van der Waals surface area contributed by atoms with Crippen molar-refractivity contribution < 1.29 is 23.9 Å². The monoisotopic (exact) mass is 435 g/mol. The van der Waals surface area contributed by atoms with Crippen LogP contribution in [0.15, 0.2) is 58.9 Å². The smallest absolute Gasteiger partial charge is 0.338 e. The quantitative estimate of drug-likeness (QED) is 0.548. The number of esters is 1. The van der Waals surface area contributed by atoms with Crippen LogP contribution in [-0.2, 0) is 19.1 Å². The molecule has 0 saturated carbocycles. The molecule has 2 aliphatic rings. The van der Waals surface area contributed by atoms with Crippen LogP contribution in [0.4, 0.5) is 11.4 Å². The van der Waals surface area contributed by atoms with E-state index >= 15 is 0 Å². The number of fused-ring (bicyclic) bond motifs is 1. The Balaban J connectivity index is 1.42. The Morgan fingerprint density at radius 2 is 1.78 bits per heavy atom. The van der Waals surface area contributed by atoms with E-state index in [2.05, 4.69) is 15.7 Å². The minimum atomic E-state index is -0.973. The standard InChI is InChI=1S/C22H21N5O5/c1-3-32-22(31)14-8-10-15(11-9-14)23-17(28)12-26-19-18(24-25-26)20(29)27(21(19)30)16-7-5-4-6-13(16)2/h4-11,18-19H,3,12H2,1-2H3,(H,23,28)/t18-,19-/m0/s1. The SMILES string of the molecule is CCOC(=O)c1ccc(NC(=O)CN2N=N[C@@H]3C(=O)N(c4ccccc4C)C(=O)[C@H]32)cc1. The molecular weight excluding hydrogens is 414 g/mol. The topological polar surface area (TPSA) is 121 Å². The van der Waals surface area contributed by atoms with Crippen molar-refractivity contribution in [1.29, 1.82) is 0 Å². The highest BCUT2D eigenvalue weighted by Crippen LogP contribution is 2.33. The fourth-order valence-electron chi connectivity index (χ4n) is 3.66. The van der Waals surface area contributed by atoms with Crippen molar-refractivity contribution in [3.8, 4) is 0 Å². The molecule has 4 rings (SSSR count). The molecule has 2 aromatic rings. The molecule has 10 heteroatoms. The summed E-state index contributed by atoms with van der Waals surface area (Å²) in [6.45, 7) is 3.54. The molecule has 2 aliphatic heterocycles. The minimum absolute atomic E-state index is 0.259. The second kappa shape index (κ2) is 8.58. The third-order valence-corrected chi connectivity index (χ3v) is 5.20. The van der Waals surface area contributed by atoms with E-state index in [0.717, 1.165) is 10.5 Å². The Morgan fingerprint density at radius 3 is 2.47 bits per heavy atom. The number of hydrogen-bond acceptors (Lipinski definition) is 8. The van der Waals surface area contributed by atoms with E-state index in [1.165, 1.54) is 5.01 Å². The van der Waals surface area contributed by atoms with Gasteiger partial charge in [0.05, 0.1) is 17.9 Å². The maximum absolute atomic E-state index is 13.0. The van der Waals surface area contributed by atoms with Crippen LogP contribution < -0.4 is 10.2 Å². The number of para-hydroxylation sites is 1. The molecule has 2 heterocycles. The van der Waals surface area contributed by atoms with Crippen LogP contribution in [0.25, 0.3) is 0 Å². The lowest BCUT2D eigenvalue weighted by atomic mass is 10.1. The Kier molecular flexibility index (Phi) is 5.67. The van der Waals surface area contributed by atoms with E-state index < -0.39 is 35.8 Å². The molecule has 0 spiro atoms. The van der Waals surface area contributed by atoms with Crippen LogP contribution in [0.5, 0.6) is 0 Å². The lowest BCUT2D eigenvalue weighted by Gasteiger charge is -2.21. The first-order chi connectivity index (χ1) is 15.4. The highest BCUT2D eigenvalue weighted by molar-refractivity contribution is 6.25. The van der Waals surface area contributed by atoms with Crippen molar-refractivity contribution >= 4 is 35.1 Å². The van der Waals surface area contributed by atoms with Gasteiger partial charge in [-0.2, -0.15) is 5.11 Å². The van der Waals surface area contributed by atoms with Gasteiger partial charge in [-0.1, -0.05) is 23.4 Å². The second-order valence-electron chi connectivity index (χ2n) is 7.34. The summed E-state index contributed by atoms with van der Waals surface area (Å²) in [5.41, 5.74) is 2.11. The molecule has 32 heavy (non-hydrogen) atoms. The Morgan fingerprint density at radius 1 is 1.06 bits per heavy atom. The first-order valence-electron chi connectivity index (χ1n) is 10.1. The molecule has 0 bridgehead atoms. The van der Waals surface area contributed by atoms with E-state index in [-0.39, 0.29) is 13.2 Å². The summed E-state index contributed by atoms with van der Waals surface area (Å²) < 4.78 is 4.93. The maximum atomic E-state index is 13.0. The van der Waals surface area contributed by atoms with Gasteiger partial charge in [0.25, 0.3) is 11.8 Å². The zero-order chi connectivity index (χ0) is 22.8. The summed E-state index contributed by atoms with van der Waals surface area (Å²) in [6, 6.07) is 11.4. The largest absolute Gasteiger partial charge is 0.462 e. The zero-order valence-electron chi connectivity index (χ0n) is 17.5. The van der Waals surface area contributed by atoms with Crippen LogP contribution in [0.3, 0.4) is 0 Å². The summed E-state index contributed by atoms with van der Waals surface area (Å²) in [5.74, 6) is -1.82. The van der Waals surface area contributed by atoms with Crippen molar-refractivity contribution in [2.24, 2.45) is 10.3 Å². The molecule has 1 fully saturated rings. The number of nitrogens with one attached hydrogen (secondary N) is 1. The van der Waals surface area contributed by atoms with Gasteiger partial charge in [-0.15, -0.1) is 0 Å². The molecule has 3 amide bonds. The van der Waals surface area contributed by atoms with E-state index in [4.69, 9.17) is 4.74 Å². The normalized spacial score (nSPS) is 19.3. The van der Waals surface area contributed by atoms with Gasteiger partial charge < -0.3 is 10.1 Å². The van der Waals surface area contributed by atoms with Crippen LogP contribution in [0.1, 0.15) is 22.8 Å². The summed E-state index contributed by atoms with van der Waals surface area (Å²) >= 11 is 0. The molecule has 0 aliphatic carbocycles. The van der Waals surface area contributed by atoms with Crippen LogP contribution in [0.2, 0.25) is 0 Å². The molecule has 1 N–H and O–H groups in total. The Bertz CT molecular complexity index is 1110. The number of ether oxygens (including phenoxy) is 1. The van der Waals surface area contributed by atoms with Crippen molar-refractivity contribution in [2.45, 2.75) is 25.9 Å². The maximum Gasteiger partial charge on any atom is 0.338 e. The van der Waals surface area contributed by atoms with Gasteiger partial charge in [-0.05, 0) is 49.7 Å². The minimum Gasteiger partial charge on any atom is -0.462 e. The van der Waals surface area contributed by atoms with Gasteiger partial charge in [0.15, 0.2) is 12.1 Å². The number of rotatable bonds is 6. The number of benzene rings is 2. The van der Waals surface area contributed by atoms with Crippen molar-refractivity contribution in [3.63, 3.8) is 0 Å². The lowest BCUT2D eigenvalue weighted by Crippen LogP contribution is -2.43. The van der Waals surface area contributed by atoms with Gasteiger partial charge in [-0.3, -0.25) is 19.4 Å². The average molecular weight is 435 g/mol. The first-order valence-corrected chi connectivity index (χ1v) is 10.1. The summed E-state index contributed by atoms with van der Waals surface area (Å²) in [5, 5.41) is 11.7. The average Bonchev–Trinajstić information content (AvgIpc) is 3.29. The Labute approximate surface area is 183 Å². The molecule has 2 aromatic carbocycles. The Hall–Kier alpha value is -4.08. The molecule has 0 unspecified atom stereocenters. The molecule has 0 radical (unpaired) electrons.